The van der Waals surface area contributed by atoms with Crippen molar-refractivity contribution >= 4 is 11.6 Å². The molecule has 18 heavy (non-hydrogen) atoms. The summed E-state index contributed by atoms with van der Waals surface area (Å²) in [5, 5.41) is 3.38. The summed E-state index contributed by atoms with van der Waals surface area (Å²) in [6, 6.07) is 0.212. The van der Waals surface area contributed by atoms with Crippen LogP contribution in [0.15, 0.2) is 6.33 Å². The molecule has 0 saturated heterocycles. The Labute approximate surface area is 108 Å². The van der Waals surface area contributed by atoms with Crippen molar-refractivity contribution < 1.29 is 4.74 Å². The number of nitrogen functional groups attached to an aromatic ring is 1. The van der Waals surface area contributed by atoms with Crippen molar-refractivity contribution in [2.75, 3.05) is 24.0 Å². The van der Waals surface area contributed by atoms with E-state index in [1.807, 2.05) is 13.8 Å². The normalized spacial score (nSPS) is 12.6. The van der Waals surface area contributed by atoms with Gasteiger partial charge in [-0.3, -0.25) is 0 Å². The Morgan fingerprint density at radius 1 is 1.33 bits per heavy atom. The van der Waals surface area contributed by atoms with Gasteiger partial charge in [0.25, 0.3) is 0 Å². The van der Waals surface area contributed by atoms with E-state index in [9.17, 15) is 0 Å². The summed E-state index contributed by atoms with van der Waals surface area (Å²) in [7, 11) is 0. The second-order valence-corrected chi connectivity index (χ2v) is 4.49. The fourth-order valence-electron chi connectivity index (χ4n) is 1.56. The van der Waals surface area contributed by atoms with Crippen LogP contribution >= 0.6 is 0 Å². The van der Waals surface area contributed by atoms with Crippen LogP contribution < -0.4 is 16.6 Å². The van der Waals surface area contributed by atoms with Gasteiger partial charge in [-0.05, 0) is 19.8 Å². The Morgan fingerprint density at radius 2 is 2.00 bits per heavy atom. The molecule has 1 unspecified atom stereocenters. The molecule has 1 aromatic rings. The quantitative estimate of drug-likeness (QED) is 0.505. The van der Waals surface area contributed by atoms with E-state index in [0.29, 0.717) is 24.9 Å². The lowest BCUT2D eigenvalue weighted by atomic mass is 10.1. The number of hydrogen-bond acceptors (Lipinski definition) is 6. The predicted octanol–water partition coefficient (Wildman–Crippen LogP) is 1.54. The average molecular weight is 253 g/mol. The fourth-order valence-corrected chi connectivity index (χ4v) is 1.56. The minimum Gasteiger partial charge on any atom is -0.380 e. The van der Waals surface area contributed by atoms with Crippen molar-refractivity contribution in [2.45, 2.75) is 33.7 Å². The molecule has 6 heteroatoms. The zero-order valence-electron chi connectivity index (χ0n) is 11.5. The first-order valence-corrected chi connectivity index (χ1v) is 6.22. The van der Waals surface area contributed by atoms with E-state index >= 15 is 0 Å². The molecule has 0 aliphatic rings. The smallest absolute Gasteiger partial charge is 0.148 e. The maximum absolute atomic E-state index is 5.48. The lowest BCUT2D eigenvalue weighted by Gasteiger charge is -2.23. The van der Waals surface area contributed by atoms with E-state index in [1.165, 1.54) is 6.33 Å². The van der Waals surface area contributed by atoms with E-state index < -0.39 is 0 Å². The molecular formula is C12H23N5O. The van der Waals surface area contributed by atoms with Crippen LogP contribution in [0.5, 0.6) is 0 Å². The third-order valence-corrected chi connectivity index (χ3v) is 2.85. The summed E-state index contributed by atoms with van der Waals surface area (Å²) in [6.07, 6.45) is 1.49. The summed E-state index contributed by atoms with van der Waals surface area (Å²) in [6.45, 7) is 9.58. The number of nitrogens with two attached hydrogens (primary N) is 1. The number of hydrogen-bond donors (Lipinski definition) is 3. The van der Waals surface area contributed by atoms with Crippen molar-refractivity contribution in [1.29, 1.82) is 0 Å². The first-order chi connectivity index (χ1) is 8.60. The van der Waals surface area contributed by atoms with Crippen molar-refractivity contribution in [3.8, 4) is 0 Å². The molecule has 0 bridgehead atoms. The van der Waals surface area contributed by atoms with E-state index in [4.69, 9.17) is 10.6 Å². The zero-order chi connectivity index (χ0) is 13.5. The molecule has 6 nitrogen and oxygen atoms in total. The van der Waals surface area contributed by atoms with Crippen LogP contribution in [0.2, 0.25) is 0 Å². The number of ether oxygens (including phenoxy) is 1. The number of anilines is 2. The molecule has 0 aromatic carbocycles. The van der Waals surface area contributed by atoms with Crippen LogP contribution in [-0.2, 0) is 4.74 Å². The van der Waals surface area contributed by atoms with Crippen molar-refractivity contribution in [3.63, 3.8) is 0 Å². The van der Waals surface area contributed by atoms with Gasteiger partial charge in [-0.15, -0.1) is 0 Å². The molecule has 0 saturated carbocycles. The van der Waals surface area contributed by atoms with Crippen LogP contribution in [0.4, 0.5) is 11.6 Å². The van der Waals surface area contributed by atoms with Gasteiger partial charge in [0.05, 0.1) is 12.6 Å². The molecule has 0 fully saturated rings. The first kappa shape index (κ1) is 14.7. The predicted molar refractivity (Wildman–Crippen MR) is 73.3 cm³/mol. The van der Waals surface area contributed by atoms with Gasteiger partial charge in [-0.25, -0.2) is 15.8 Å². The van der Waals surface area contributed by atoms with E-state index in [0.717, 1.165) is 11.4 Å². The molecule has 102 valence electrons. The Morgan fingerprint density at radius 3 is 2.56 bits per heavy atom. The molecule has 0 aliphatic carbocycles. The second kappa shape index (κ2) is 7.13. The molecule has 1 atom stereocenters. The Hall–Kier alpha value is -1.40. The minimum atomic E-state index is 0.212. The fraction of sp³-hybridized carbons (Fsp3) is 0.667. The third kappa shape index (κ3) is 3.82. The highest BCUT2D eigenvalue weighted by molar-refractivity contribution is 5.56. The van der Waals surface area contributed by atoms with Crippen molar-refractivity contribution in [1.82, 2.24) is 9.97 Å². The Bertz CT molecular complexity index is 369. The van der Waals surface area contributed by atoms with Gasteiger partial charge in [-0.1, -0.05) is 13.8 Å². The summed E-state index contributed by atoms with van der Waals surface area (Å²) in [4.78, 5) is 8.30. The monoisotopic (exact) mass is 253 g/mol. The number of hydrazine groups is 1. The molecule has 0 radical (unpaired) electrons. The number of nitrogens with zero attached hydrogens (tertiary/aromatic N) is 2. The van der Waals surface area contributed by atoms with Crippen LogP contribution in [0.3, 0.4) is 0 Å². The summed E-state index contributed by atoms with van der Waals surface area (Å²) >= 11 is 0. The van der Waals surface area contributed by atoms with Crippen LogP contribution in [0, 0.1) is 12.8 Å². The third-order valence-electron chi connectivity index (χ3n) is 2.85. The molecule has 1 aromatic heterocycles. The van der Waals surface area contributed by atoms with E-state index in [-0.39, 0.29) is 6.04 Å². The zero-order valence-corrected chi connectivity index (χ0v) is 11.5. The largest absolute Gasteiger partial charge is 0.380 e. The summed E-state index contributed by atoms with van der Waals surface area (Å²) in [5.41, 5.74) is 3.46. The summed E-state index contributed by atoms with van der Waals surface area (Å²) < 4.78 is 5.48. The maximum atomic E-state index is 5.48. The minimum absolute atomic E-state index is 0.212. The van der Waals surface area contributed by atoms with Gasteiger partial charge in [-0.2, -0.15) is 0 Å². The molecule has 1 rings (SSSR count). The van der Waals surface area contributed by atoms with Crippen LogP contribution in [0.1, 0.15) is 26.3 Å². The second-order valence-electron chi connectivity index (χ2n) is 4.49. The van der Waals surface area contributed by atoms with E-state index in [1.54, 1.807) is 0 Å². The molecule has 0 spiro atoms. The van der Waals surface area contributed by atoms with Gasteiger partial charge in [0.2, 0.25) is 0 Å². The highest BCUT2D eigenvalue weighted by Crippen LogP contribution is 2.19. The lowest BCUT2D eigenvalue weighted by molar-refractivity contribution is 0.126. The highest BCUT2D eigenvalue weighted by Gasteiger charge is 2.16. The van der Waals surface area contributed by atoms with Crippen LogP contribution in [-0.4, -0.2) is 29.2 Å². The van der Waals surface area contributed by atoms with Gasteiger partial charge in [0.1, 0.15) is 18.0 Å². The topological polar surface area (TPSA) is 85.1 Å². The van der Waals surface area contributed by atoms with Gasteiger partial charge in [0.15, 0.2) is 0 Å². The lowest BCUT2D eigenvalue weighted by Crippen LogP contribution is -2.32. The van der Waals surface area contributed by atoms with Gasteiger partial charge < -0.3 is 15.5 Å². The van der Waals surface area contributed by atoms with Gasteiger partial charge in [0, 0.05) is 12.2 Å². The molecule has 1 heterocycles. The standard InChI is InChI=1S/C12H23N5O/c1-5-18-6-10(8(2)3)16-11-9(4)12(17-13)15-7-14-11/h7-8,10H,5-6,13H2,1-4H3,(H2,14,15,16,17). The summed E-state index contributed by atoms with van der Waals surface area (Å²) in [5.74, 6) is 7.26. The van der Waals surface area contributed by atoms with Crippen molar-refractivity contribution in [2.24, 2.45) is 11.8 Å². The molecule has 0 aliphatic heterocycles. The highest BCUT2D eigenvalue weighted by atomic mass is 16.5. The van der Waals surface area contributed by atoms with Gasteiger partial charge >= 0.3 is 0 Å². The van der Waals surface area contributed by atoms with Crippen LogP contribution in [0.25, 0.3) is 0 Å². The number of nitrogens with one attached hydrogen (secondary N) is 2. The SMILES string of the molecule is CCOCC(Nc1ncnc(NN)c1C)C(C)C. The Balaban J connectivity index is 2.80. The average Bonchev–Trinajstić information content (AvgIpc) is 2.36. The van der Waals surface area contributed by atoms with E-state index in [2.05, 4.69) is 34.6 Å². The number of rotatable bonds is 7. The van der Waals surface area contributed by atoms with Crippen molar-refractivity contribution in [3.05, 3.63) is 11.9 Å². The first-order valence-electron chi connectivity index (χ1n) is 6.22. The Kier molecular flexibility index (Phi) is 5.80. The maximum Gasteiger partial charge on any atom is 0.148 e. The molecule has 4 N–H and O–H groups in total. The molecular weight excluding hydrogens is 230 g/mol. The number of aromatic nitrogens is 2. The molecule has 0 amide bonds.